The lowest BCUT2D eigenvalue weighted by Gasteiger charge is -2.23. The number of aryl methyl sites for hydroxylation is 3. The number of carbonyl (C=O) groups excluding carboxylic acids is 2. The van der Waals surface area contributed by atoms with Gasteiger partial charge in [0, 0.05) is 22.1 Å². The highest BCUT2D eigenvalue weighted by atomic mass is 32.2. The normalized spacial score (nSPS) is 13.2. The average Bonchev–Trinajstić information content (AvgIpc) is 3.16. The molecule has 0 saturated heterocycles. The summed E-state index contributed by atoms with van der Waals surface area (Å²) in [6, 6.07) is -0.149. The lowest BCUT2D eigenvalue weighted by atomic mass is 9.99. The molecule has 0 aliphatic heterocycles. The first-order valence-electron chi connectivity index (χ1n) is 11.2. The van der Waals surface area contributed by atoms with E-state index in [-0.39, 0.29) is 23.7 Å². The second kappa shape index (κ2) is 10.6. The fourth-order valence-electron chi connectivity index (χ4n) is 4.05. The van der Waals surface area contributed by atoms with Gasteiger partial charge in [-0.3, -0.25) is 9.59 Å². The van der Waals surface area contributed by atoms with Gasteiger partial charge >= 0.3 is 11.6 Å². The molecule has 0 aliphatic carbocycles. The van der Waals surface area contributed by atoms with E-state index in [4.69, 9.17) is 8.83 Å². The Hall–Kier alpha value is -3.27. The molecule has 35 heavy (non-hydrogen) atoms. The standard InChI is InChI=1S/C25H30N2O7S/c1-11(2)20(24(30)31)27-23(29)18(10-35-6)26-19(28)8-17-13(4)16-7-15-12(3)9-33-21(15)14(5)22(16)34-25(17)32/h7,9,11,18,20H,8,10H2,1-6H3,(H,26,28)(H,27,29)(H,30,31)/t18-,20-/m1/s1. The zero-order chi connectivity index (χ0) is 26.0. The molecule has 9 nitrogen and oxygen atoms in total. The maximum atomic E-state index is 12.9. The van der Waals surface area contributed by atoms with Gasteiger partial charge in [0.15, 0.2) is 0 Å². The SMILES string of the molecule is CSC[C@@H](NC(=O)Cc1c(C)c2cc3c(C)coc3c(C)c2oc1=O)C(=O)N[C@@H](C(=O)O)C(C)C. The second-order valence-corrected chi connectivity index (χ2v) is 9.90. The van der Waals surface area contributed by atoms with Gasteiger partial charge in [-0.1, -0.05) is 13.8 Å². The third-order valence-corrected chi connectivity index (χ3v) is 6.75. The molecule has 3 aromatic rings. The molecule has 2 aromatic heterocycles. The van der Waals surface area contributed by atoms with E-state index < -0.39 is 35.5 Å². The van der Waals surface area contributed by atoms with Gasteiger partial charge < -0.3 is 24.6 Å². The van der Waals surface area contributed by atoms with Gasteiger partial charge in [0.2, 0.25) is 11.8 Å². The van der Waals surface area contributed by atoms with E-state index in [9.17, 15) is 24.3 Å². The van der Waals surface area contributed by atoms with E-state index in [1.165, 1.54) is 11.8 Å². The molecule has 2 heterocycles. The zero-order valence-electron chi connectivity index (χ0n) is 20.6. The lowest BCUT2D eigenvalue weighted by Crippen LogP contribution is -2.54. The summed E-state index contributed by atoms with van der Waals surface area (Å²) in [6.07, 6.45) is 3.13. The van der Waals surface area contributed by atoms with Gasteiger partial charge in [0.25, 0.3) is 0 Å². The molecule has 0 aliphatic rings. The highest BCUT2D eigenvalue weighted by Crippen LogP contribution is 2.32. The van der Waals surface area contributed by atoms with E-state index in [0.29, 0.717) is 27.7 Å². The number of carboxylic acid groups (broad SMARTS) is 1. The topological polar surface area (TPSA) is 139 Å². The molecular weight excluding hydrogens is 472 g/mol. The highest BCUT2D eigenvalue weighted by molar-refractivity contribution is 7.98. The molecule has 0 radical (unpaired) electrons. The van der Waals surface area contributed by atoms with Crippen molar-refractivity contribution in [2.45, 2.75) is 53.1 Å². The van der Waals surface area contributed by atoms with Crippen LogP contribution in [0.4, 0.5) is 0 Å². The zero-order valence-corrected chi connectivity index (χ0v) is 21.4. The third kappa shape index (κ3) is 5.37. The molecule has 0 unspecified atom stereocenters. The quantitative estimate of drug-likeness (QED) is 0.380. The minimum Gasteiger partial charge on any atom is -0.480 e. The van der Waals surface area contributed by atoms with Crippen molar-refractivity contribution in [3.63, 3.8) is 0 Å². The predicted octanol–water partition coefficient (Wildman–Crippen LogP) is 3.08. The number of carboxylic acids is 1. The second-order valence-electron chi connectivity index (χ2n) is 8.99. The van der Waals surface area contributed by atoms with Crippen LogP contribution < -0.4 is 16.3 Å². The van der Waals surface area contributed by atoms with Crippen molar-refractivity contribution < 1.29 is 28.3 Å². The van der Waals surface area contributed by atoms with Crippen LogP contribution in [-0.4, -0.2) is 47.0 Å². The number of rotatable bonds is 9. The molecule has 2 atom stereocenters. The van der Waals surface area contributed by atoms with Crippen LogP contribution in [0.3, 0.4) is 0 Å². The van der Waals surface area contributed by atoms with Crippen molar-refractivity contribution in [3.8, 4) is 0 Å². The van der Waals surface area contributed by atoms with Crippen molar-refractivity contribution in [1.82, 2.24) is 10.6 Å². The van der Waals surface area contributed by atoms with Crippen molar-refractivity contribution in [3.05, 3.63) is 45.0 Å². The number of thioether (sulfide) groups is 1. The van der Waals surface area contributed by atoms with Gasteiger partial charge in [-0.25, -0.2) is 9.59 Å². The van der Waals surface area contributed by atoms with E-state index in [1.54, 1.807) is 33.3 Å². The molecule has 0 bridgehead atoms. The minimum absolute atomic E-state index is 0.198. The molecule has 10 heteroatoms. The van der Waals surface area contributed by atoms with Gasteiger partial charge in [0.05, 0.1) is 18.2 Å². The maximum Gasteiger partial charge on any atom is 0.340 e. The van der Waals surface area contributed by atoms with Crippen LogP contribution in [0.1, 0.15) is 36.1 Å². The van der Waals surface area contributed by atoms with E-state index in [0.717, 1.165) is 10.9 Å². The van der Waals surface area contributed by atoms with E-state index in [1.807, 2.05) is 19.9 Å². The number of amides is 2. The Morgan fingerprint density at radius 1 is 1.06 bits per heavy atom. The van der Waals surface area contributed by atoms with E-state index >= 15 is 0 Å². The van der Waals surface area contributed by atoms with Crippen LogP contribution in [0, 0.1) is 26.7 Å². The summed E-state index contributed by atoms with van der Waals surface area (Å²) < 4.78 is 11.2. The Labute approximate surface area is 206 Å². The molecule has 0 fully saturated rings. The summed E-state index contributed by atoms with van der Waals surface area (Å²) in [5.41, 5.74) is 2.89. The summed E-state index contributed by atoms with van der Waals surface area (Å²) in [7, 11) is 0. The van der Waals surface area contributed by atoms with E-state index in [2.05, 4.69) is 10.6 Å². The van der Waals surface area contributed by atoms with Crippen LogP contribution in [0.2, 0.25) is 0 Å². The summed E-state index contributed by atoms with van der Waals surface area (Å²) in [5.74, 6) is -2.37. The molecule has 3 rings (SSSR count). The van der Waals surface area contributed by atoms with Crippen LogP contribution in [0.15, 0.2) is 26.0 Å². The smallest absolute Gasteiger partial charge is 0.340 e. The largest absolute Gasteiger partial charge is 0.480 e. The Balaban J connectivity index is 1.88. The summed E-state index contributed by atoms with van der Waals surface area (Å²) in [6.45, 7) is 8.86. The number of aliphatic carboxylic acids is 1. The molecule has 0 saturated carbocycles. The number of fused-ring (bicyclic) bond motifs is 2. The first-order valence-corrected chi connectivity index (χ1v) is 12.6. The number of carbonyl (C=O) groups is 3. The minimum atomic E-state index is -1.15. The summed E-state index contributed by atoms with van der Waals surface area (Å²) in [5, 5.41) is 16.1. The van der Waals surface area contributed by atoms with Crippen LogP contribution in [0.5, 0.6) is 0 Å². The molecule has 0 spiro atoms. The summed E-state index contributed by atoms with van der Waals surface area (Å²) in [4.78, 5) is 49.9. The first kappa shape index (κ1) is 26.3. The molecule has 3 N–H and O–H groups in total. The fourth-order valence-corrected chi connectivity index (χ4v) is 4.61. The van der Waals surface area contributed by atoms with Crippen molar-refractivity contribution in [2.75, 3.05) is 12.0 Å². The monoisotopic (exact) mass is 502 g/mol. The lowest BCUT2D eigenvalue weighted by molar-refractivity contribution is -0.143. The van der Waals surface area contributed by atoms with Gasteiger partial charge in [-0.15, -0.1) is 0 Å². The number of hydrogen-bond acceptors (Lipinski definition) is 7. The molecular formula is C25H30N2O7S. The fraction of sp³-hybridized carbons (Fsp3) is 0.440. The molecule has 2 amide bonds. The third-order valence-electron chi connectivity index (χ3n) is 6.09. The maximum absolute atomic E-state index is 12.9. The molecule has 188 valence electrons. The molecule has 1 aromatic carbocycles. The highest BCUT2D eigenvalue weighted by Gasteiger charge is 2.29. The Morgan fingerprint density at radius 3 is 2.34 bits per heavy atom. The van der Waals surface area contributed by atoms with Gasteiger partial charge in [-0.2, -0.15) is 11.8 Å². The Bertz CT molecular complexity index is 1360. The number of nitrogens with one attached hydrogen (secondary N) is 2. The first-order chi connectivity index (χ1) is 16.5. The number of benzene rings is 1. The number of hydrogen-bond donors (Lipinski definition) is 3. The Kier molecular flexibility index (Phi) is 7.94. The van der Waals surface area contributed by atoms with Crippen LogP contribution in [-0.2, 0) is 20.8 Å². The van der Waals surface area contributed by atoms with Crippen LogP contribution >= 0.6 is 11.8 Å². The van der Waals surface area contributed by atoms with Gasteiger partial charge in [0.1, 0.15) is 23.2 Å². The van der Waals surface area contributed by atoms with Crippen LogP contribution in [0.25, 0.3) is 21.9 Å². The predicted molar refractivity (Wildman–Crippen MR) is 135 cm³/mol. The summed E-state index contributed by atoms with van der Waals surface area (Å²) >= 11 is 1.33. The Morgan fingerprint density at radius 2 is 1.74 bits per heavy atom. The average molecular weight is 503 g/mol. The van der Waals surface area contributed by atoms with Crippen molar-refractivity contribution in [2.24, 2.45) is 5.92 Å². The van der Waals surface area contributed by atoms with Gasteiger partial charge in [-0.05, 0) is 50.1 Å². The van der Waals surface area contributed by atoms with Crippen molar-refractivity contribution >= 4 is 51.5 Å². The number of furan rings is 1. The van der Waals surface area contributed by atoms with Crippen molar-refractivity contribution in [1.29, 1.82) is 0 Å².